The molecular formula is C14H9N5O6. The topological polar surface area (TPSA) is 152 Å². The molecule has 1 N–H and O–H groups in total. The van der Waals surface area contributed by atoms with Crippen molar-refractivity contribution in [2.45, 2.75) is 6.67 Å². The van der Waals surface area contributed by atoms with Gasteiger partial charge in [0, 0.05) is 18.2 Å². The first-order chi connectivity index (χ1) is 11.8. The smallest absolute Gasteiger partial charge is 0.285 e. The summed E-state index contributed by atoms with van der Waals surface area (Å²) >= 11 is 0. The van der Waals surface area contributed by atoms with E-state index in [1.165, 1.54) is 12.1 Å². The van der Waals surface area contributed by atoms with E-state index >= 15 is 0 Å². The number of nitrogens with zero attached hydrogens (tertiary/aromatic N) is 4. The van der Waals surface area contributed by atoms with Crippen molar-refractivity contribution in [3.05, 3.63) is 73.4 Å². The molecule has 25 heavy (non-hydrogen) atoms. The molecule has 3 rings (SSSR count). The van der Waals surface area contributed by atoms with Crippen LogP contribution in [0.25, 0.3) is 0 Å². The Balaban J connectivity index is 1.98. The Morgan fingerprint density at radius 2 is 1.52 bits per heavy atom. The molecule has 2 aromatic rings. The summed E-state index contributed by atoms with van der Waals surface area (Å²) in [5, 5.41) is 29.4. The van der Waals surface area contributed by atoms with Crippen LogP contribution < -0.4 is 5.49 Å². The maximum absolute atomic E-state index is 12.4. The molecule has 2 amide bonds. The number of aromatic nitrogens is 1. The van der Waals surface area contributed by atoms with E-state index in [2.05, 4.69) is 0 Å². The minimum atomic E-state index is -0.762. The molecule has 0 aliphatic carbocycles. The van der Waals surface area contributed by atoms with E-state index in [0.29, 0.717) is 0 Å². The van der Waals surface area contributed by atoms with Gasteiger partial charge in [0.1, 0.15) is 12.2 Å². The quantitative estimate of drug-likeness (QED) is 0.497. The molecule has 1 aromatic carbocycles. The van der Waals surface area contributed by atoms with Gasteiger partial charge in [-0.3, -0.25) is 40.1 Å². The van der Waals surface area contributed by atoms with E-state index < -0.39 is 28.3 Å². The van der Waals surface area contributed by atoms with Gasteiger partial charge in [0.15, 0.2) is 0 Å². The fraction of sp³-hybridized carbons (Fsp3) is 0.0714. The van der Waals surface area contributed by atoms with Crippen molar-refractivity contribution >= 4 is 23.2 Å². The molecule has 0 unspecified atom stereocenters. The summed E-state index contributed by atoms with van der Waals surface area (Å²) in [6.07, 6.45) is 1.04. The fourth-order valence-corrected chi connectivity index (χ4v) is 2.43. The number of hydrogen-bond acceptors (Lipinski definition) is 7. The second-order valence-electron chi connectivity index (χ2n) is 5.17. The van der Waals surface area contributed by atoms with Crippen LogP contribution in [0.5, 0.6) is 0 Å². The van der Waals surface area contributed by atoms with E-state index in [1.54, 1.807) is 0 Å². The van der Waals surface area contributed by atoms with Crippen LogP contribution in [0.4, 0.5) is 11.4 Å². The van der Waals surface area contributed by atoms with Crippen molar-refractivity contribution in [1.82, 2.24) is 9.47 Å². The third kappa shape index (κ3) is 2.63. The number of nitro groups is 2. The van der Waals surface area contributed by atoms with Gasteiger partial charge in [0.25, 0.3) is 23.2 Å². The fourth-order valence-electron chi connectivity index (χ4n) is 2.43. The van der Waals surface area contributed by atoms with E-state index in [-0.39, 0.29) is 28.0 Å². The summed E-state index contributed by atoms with van der Waals surface area (Å²) in [6, 6.07) is 5.61. The zero-order valence-electron chi connectivity index (χ0n) is 12.4. The van der Waals surface area contributed by atoms with Crippen molar-refractivity contribution in [3.8, 4) is 0 Å². The zero-order chi connectivity index (χ0) is 18.3. The molecule has 0 spiro atoms. The van der Waals surface area contributed by atoms with E-state index in [4.69, 9.17) is 5.41 Å². The Kier molecular flexibility index (Phi) is 3.60. The predicted molar refractivity (Wildman–Crippen MR) is 80.5 cm³/mol. The Morgan fingerprint density at radius 1 is 0.920 bits per heavy atom. The number of non-ortho nitro benzene ring substituents is 1. The highest BCUT2D eigenvalue weighted by atomic mass is 16.6. The Hall–Kier alpha value is -3.89. The summed E-state index contributed by atoms with van der Waals surface area (Å²) < 4.78 is 1.06. The molecule has 0 saturated carbocycles. The monoisotopic (exact) mass is 343 g/mol. The van der Waals surface area contributed by atoms with Crippen LogP contribution in [0.3, 0.4) is 0 Å². The molecule has 0 atom stereocenters. The summed E-state index contributed by atoms with van der Waals surface area (Å²) in [5.41, 5.74) is -0.882. The SMILES string of the molecule is N=c1ccc([N+](=O)[O-])cn1CN1C(=O)c2ccc([N+](=O)[O-])cc2C1=O. The van der Waals surface area contributed by atoms with E-state index in [9.17, 15) is 29.8 Å². The third-order valence-electron chi connectivity index (χ3n) is 3.68. The number of carbonyl (C=O) groups is 2. The predicted octanol–water partition coefficient (Wildman–Crippen LogP) is 1.04. The maximum Gasteiger partial charge on any atom is 0.285 e. The van der Waals surface area contributed by atoms with Crippen LogP contribution in [-0.2, 0) is 6.67 Å². The molecule has 0 radical (unpaired) electrons. The molecule has 1 aliphatic rings. The number of nitrogens with one attached hydrogen (secondary N) is 1. The summed E-state index contributed by atoms with van der Waals surface area (Å²) in [6.45, 7) is -0.416. The second kappa shape index (κ2) is 5.63. The number of fused-ring (bicyclic) bond motifs is 1. The number of pyridine rings is 1. The minimum absolute atomic E-state index is 0.00756. The van der Waals surface area contributed by atoms with Gasteiger partial charge >= 0.3 is 0 Å². The first-order valence-electron chi connectivity index (χ1n) is 6.83. The number of amides is 2. The van der Waals surface area contributed by atoms with Crippen molar-refractivity contribution in [2.24, 2.45) is 0 Å². The third-order valence-corrected chi connectivity index (χ3v) is 3.68. The molecule has 126 valence electrons. The molecule has 0 bridgehead atoms. The number of rotatable bonds is 4. The molecule has 11 nitrogen and oxygen atoms in total. The number of carbonyl (C=O) groups excluding carboxylic acids is 2. The zero-order valence-corrected chi connectivity index (χ0v) is 12.4. The van der Waals surface area contributed by atoms with Crippen LogP contribution in [0.2, 0.25) is 0 Å². The average molecular weight is 343 g/mol. The Labute approximate surface area is 138 Å². The minimum Gasteiger partial charge on any atom is -0.308 e. The van der Waals surface area contributed by atoms with Gasteiger partial charge in [0.2, 0.25) is 0 Å². The molecule has 11 heteroatoms. The summed E-state index contributed by atoms with van der Waals surface area (Å²) in [4.78, 5) is 45.8. The summed E-state index contributed by atoms with van der Waals surface area (Å²) in [7, 11) is 0. The second-order valence-corrected chi connectivity index (χ2v) is 5.17. The lowest BCUT2D eigenvalue weighted by molar-refractivity contribution is -0.385. The van der Waals surface area contributed by atoms with Crippen molar-refractivity contribution in [3.63, 3.8) is 0 Å². The van der Waals surface area contributed by atoms with Crippen molar-refractivity contribution in [2.75, 3.05) is 0 Å². The van der Waals surface area contributed by atoms with Crippen LogP contribution in [0.1, 0.15) is 20.7 Å². The van der Waals surface area contributed by atoms with Crippen molar-refractivity contribution in [1.29, 1.82) is 5.41 Å². The van der Waals surface area contributed by atoms with Crippen molar-refractivity contribution < 1.29 is 19.4 Å². The number of benzene rings is 1. The van der Waals surface area contributed by atoms with Gasteiger partial charge in [-0.1, -0.05) is 0 Å². The summed E-state index contributed by atoms with van der Waals surface area (Å²) in [5.74, 6) is -1.45. The normalized spacial score (nSPS) is 13.0. The molecule has 0 saturated heterocycles. The van der Waals surface area contributed by atoms with Crippen LogP contribution in [0, 0.1) is 25.6 Å². The average Bonchev–Trinajstić information content (AvgIpc) is 2.81. The van der Waals surface area contributed by atoms with Crippen LogP contribution in [0.15, 0.2) is 36.5 Å². The molecule has 1 aliphatic heterocycles. The lowest BCUT2D eigenvalue weighted by Gasteiger charge is -2.15. The lowest BCUT2D eigenvalue weighted by Crippen LogP contribution is -2.35. The van der Waals surface area contributed by atoms with E-state index in [0.717, 1.165) is 33.9 Å². The first kappa shape index (κ1) is 16.0. The van der Waals surface area contributed by atoms with Gasteiger partial charge in [-0.05, 0) is 12.1 Å². The number of hydrogen-bond donors (Lipinski definition) is 1. The lowest BCUT2D eigenvalue weighted by atomic mass is 10.1. The maximum atomic E-state index is 12.4. The van der Waals surface area contributed by atoms with Crippen LogP contribution >= 0.6 is 0 Å². The molecule has 2 heterocycles. The standard InChI is InChI=1S/C14H9N5O6/c15-12-4-2-9(19(24)25)6-16(12)7-17-13(20)10-3-1-8(18(22)23)5-11(10)14(17)21/h1-6,15H,7H2. The highest BCUT2D eigenvalue weighted by Crippen LogP contribution is 2.27. The number of imide groups is 1. The first-order valence-corrected chi connectivity index (χ1v) is 6.83. The number of nitro benzene ring substituents is 1. The largest absolute Gasteiger partial charge is 0.308 e. The van der Waals surface area contributed by atoms with Crippen LogP contribution in [-0.4, -0.2) is 31.1 Å². The van der Waals surface area contributed by atoms with E-state index in [1.807, 2.05) is 0 Å². The molecule has 0 fully saturated rings. The van der Waals surface area contributed by atoms with Gasteiger partial charge < -0.3 is 4.57 Å². The van der Waals surface area contributed by atoms with Gasteiger partial charge in [-0.25, -0.2) is 0 Å². The highest BCUT2D eigenvalue weighted by Gasteiger charge is 2.37. The Bertz CT molecular complexity index is 1010. The highest BCUT2D eigenvalue weighted by molar-refractivity contribution is 6.21. The molecular weight excluding hydrogens is 334 g/mol. The van der Waals surface area contributed by atoms with Gasteiger partial charge in [-0.2, -0.15) is 0 Å². The Morgan fingerprint density at radius 3 is 2.16 bits per heavy atom. The molecule has 1 aromatic heterocycles. The van der Waals surface area contributed by atoms with Gasteiger partial charge in [0.05, 0.1) is 27.2 Å². The van der Waals surface area contributed by atoms with Gasteiger partial charge in [-0.15, -0.1) is 0 Å².